The summed E-state index contributed by atoms with van der Waals surface area (Å²) in [4.78, 5) is 12.8. The van der Waals surface area contributed by atoms with Crippen molar-refractivity contribution in [2.45, 2.75) is 37.2 Å². The van der Waals surface area contributed by atoms with Crippen molar-refractivity contribution >= 4 is 31.9 Å². The first-order valence-electron chi connectivity index (χ1n) is 8.48. The van der Waals surface area contributed by atoms with Crippen LogP contribution in [0.25, 0.3) is 0 Å². The first-order valence-corrected chi connectivity index (χ1v) is 10.7. The van der Waals surface area contributed by atoms with Crippen LogP contribution >= 0.6 is 15.9 Å². The van der Waals surface area contributed by atoms with Gasteiger partial charge in [0.15, 0.2) is 0 Å². The molecule has 0 saturated carbocycles. The number of hydrogen-bond acceptors (Lipinski definition) is 3. The van der Waals surface area contributed by atoms with Crippen LogP contribution in [0.5, 0.6) is 0 Å². The first kappa shape index (κ1) is 19.1. The van der Waals surface area contributed by atoms with Gasteiger partial charge < -0.3 is 5.32 Å². The third-order valence-corrected chi connectivity index (χ3v) is 6.96. The number of amides is 1. The second-order valence-electron chi connectivity index (χ2n) is 6.43. The summed E-state index contributed by atoms with van der Waals surface area (Å²) in [6, 6.07) is 13.7. The lowest BCUT2D eigenvalue weighted by molar-refractivity contribution is -0.124. The maximum Gasteiger partial charge on any atom is 0.243 e. The molecule has 1 aliphatic rings. The normalized spacial score (nSPS) is 18.0. The minimum atomic E-state index is -3.69. The Balaban J connectivity index is 1.71. The molecule has 1 heterocycles. The molecule has 2 aromatic rings. The third kappa shape index (κ3) is 4.16. The summed E-state index contributed by atoms with van der Waals surface area (Å²) >= 11 is 3.31. The molecule has 1 aliphatic heterocycles. The van der Waals surface area contributed by atoms with E-state index in [1.807, 2.05) is 31.2 Å². The molecule has 7 heteroatoms. The van der Waals surface area contributed by atoms with Gasteiger partial charge in [-0.25, -0.2) is 8.42 Å². The van der Waals surface area contributed by atoms with Crippen molar-refractivity contribution < 1.29 is 13.2 Å². The first-order chi connectivity index (χ1) is 12.4. The Morgan fingerprint density at radius 1 is 1.15 bits per heavy atom. The third-order valence-electron chi connectivity index (χ3n) is 4.51. The number of nitrogens with zero attached hydrogens (tertiary/aromatic N) is 1. The highest BCUT2D eigenvalue weighted by Crippen LogP contribution is 2.27. The quantitative estimate of drug-likeness (QED) is 0.781. The molecule has 1 N–H and O–H groups in total. The predicted molar refractivity (Wildman–Crippen MR) is 104 cm³/mol. The van der Waals surface area contributed by atoms with Gasteiger partial charge in [0.05, 0.1) is 4.90 Å². The smallest absolute Gasteiger partial charge is 0.243 e. The lowest BCUT2D eigenvalue weighted by Gasteiger charge is -2.23. The number of rotatable bonds is 5. The Bertz CT molecular complexity index is 880. The van der Waals surface area contributed by atoms with Gasteiger partial charge in [-0.15, -0.1) is 0 Å². The molecular weight excluding hydrogens is 416 g/mol. The molecule has 0 bridgehead atoms. The molecule has 0 spiro atoms. The zero-order valence-electron chi connectivity index (χ0n) is 14.5. The fourth-order valence-electron chi connectivity index (χ4n) is 3.04. The van der Waals surface area contributed by atoms with Crippen molar-refractivity contribution in [2.75, 3.05) is 6.54 Å². The number of carbonyl (C=O) groups excluding carboxylic acids is 1. The molecule has 26 heavy (non-hydrogen) atoms. The maximum absolute atomic E-state index is 12.9. The Kier molecular flexibility index (Phi) is 5.79. The Hall–Kier alpha value is -1.70. The van der Waals surface area contributed by atoms with E-state index in [1.54, 1.807) is 24.3 Å². The molecule has 1 fully saturated rings. The predicted octanol–water partition coefficient (Wildman–Crippen LogP) is 3.23. The SMILES string of the molecule is Cc1ccc(CNC(=O)C2CCCN2S(=O)(=O)c2ccc(Br)cc2)cc1. The number of benzene rings is 2. The second kappa shape index (κ2) is 7.90. The number of aryl methyl sites for hydroxylation is 1. The van der Waals surface area contributed by atoms with E-state index in [2.05, 4.69) is 21.2 Å². The molecule has 0 aromatic heterocycles. The molecule has 138 valence electrons. The highest BCUT2D eigenvalue weighted by atomic mass is 79.9. The van der Waals surface area contributed by atoms with Crippen LogP contribution in [-0.2, 0) is 21.4 Å². The van der Waals surface area contributed by atoms with Crippen molar-refractivity contribution in [3.05, 3.63) is 64.1 Å². The Morgan fingerprint density at radius 2 is 1.81 bits per heavy atom. The number of sulfonamides is 1. The summed E-state index contributed by atoms with van der Waals surface area (Å²) in [7, 11) is -3.69. The van der Waals surface area contributed by atoms with Crippen molar-refractivity contribution in [1.29, 1.82) is 0 Å². The zero-order valence-corrected chi connectivity index (χ0v) is 16.9. The van der Waals surface area contributed by atoms with Crippen LogP contribution in [0.4, 0.5) is 0 Å². The van der Waals surface area contributed by atoms with E-state index in [0.717, 1.165) is 15.6 Å². The monoisotopic (exact) mass is 436 g/mol. The van der Waals surface area contributed by atoms with Gasteiger partial charge in [-0.2, -0.15) is 4.31 Å². The molecule has 1 unspecified atom stereocenters. The van der Waals surface area contributed by atoms with Crippen LogP contribution in [0.15, 0.2) is 57.9 Å². The fraction of sp³-hybridized carbons (Fsp3) is 0.316. The molecule has 2 aromatic carbocycles. The van der Waals surface area contributed by atoms with Crippen LogP contribution in [0.2, 0.25) is 0 Å². The van der Waals surface area contributed by atoms with Crippen LogP contribution in [0, 0.1) is 6.92 Å². The van der Waals surface area contributed by atoms with Gasteiger partial charge in [0.1, 0.15) is 6.04 Å². The van der Waals surface area contributed by atoms with Gasteiger partial charge >= 0.3 is 0 Å². The molecule has 3 rings (SSSR count). The summed E-state index contributed by atoms with van der Waals surface area (Å²) in [5, 5.41) is 2.87. The Morgan fingerprint density at radius 3 is 2.46 bits per heavy atom. The molecule has 1 amide bonds. The van der Waals surface area contributed by atoms with Crippen LogP contribution in [-0.4, -0.2) is 31.2 Å². The summed E-state index contributed by atoms with van der Waals surface area (Å²) in [5.74, 6) is -0.247. The molecule has 0 aliphatic carbocycles. The minimum absolute atomic E-state index is 0.207. The molecule has 1 atom stereocenters. The number of hydrogen-bond donors (Lipinski definition) is 1. The van der Waals surface area contributed by atoms with E-state index in [1.165, 1.54) is 4.31 Å². The lowest BCUT2D eigenvalue weighted by Crippen LogP contribution is -2.45. The van der Waals surface area contributed by atoms with Crippen LogP contribution < -0.4 is 5.32 Å². The zero-order chi connectivity index (χ0) is 18.7. The van der Waals surface area contributed by atoms with E-state index < -0.39 is 16.1 Å². The standard InChI is InChI=1S/C19H21BrN2O3S/c1-14-4-6-15(7-5-14)13-21-19(23)18-3-2-12-22(18)26(24,25)17-10-8-16(20)9-11-17/h4-11,18H,2-3,12-13H2,1H3,(H,21,23). The average Bonchev–Trinajstić information content (AvgIpc) is 3.12. The number of nitrogens with one attached hydrogen (secondary N) is 1. The van der Waals surface area contributed by atoms with E-state index in [-0.39, 0.29) is 10.8 Å². The van der Waals surface area contributed by atoms with E-state index in [4.69, 9.17) is 0 Å². The van der Waals surface area contributed by atoms with Gasteiger partial charge in [-0.1, -0.05) is 45.8 Å². The fourth-order valence-corrected chi connectivity index (χ4v) is 4.97. The molecular formula is C19H21BrN2O3S. The van der Waals surface area contributed by atoms with Gasteiger partial charge in [0.25, 0.3) is 0 Å². The van der Waals surface area contributed by atoms with Crippen molar-refractivity contribution in [3.63, 3.8) is 0 Å². The van der Waals surface area contributed by atoms with Gasteiger partial charge in [0, 0.05) is 17.6 Å². The minimum Gasteiger partial charge on any atom is -0.351 e. The largest absolute Gasteiger partial charge is 0.351 e. The van der Waals surface area contributed by atoms with E-state index >= 15 is 0 Å². The van der Waals surface area contributed by atoms with Crippen LogP contribution in [0.3, 0.4) is 0 Å². The second-order valence-corrected chi connectivity index (χ2v) is 9.24. The van der Waals surface area contributed by atoms with Gasteiger partial charge in [-0.3, -0.25) is 4.79 Å². The van der Waals surface area contributed by atoms with Crippen molar-refractivity contribution in [1.82, 2.24) is 9.62 Å². The Labute approximate surface area is 162 Å². The van der Waals surface area contributed by atoms with Gasteiger partial charge in [-0.05, 0) is 49.6 Å². The highest BCUT2D eigenvalue weighted by Gasteiger charge is 2.39. The summed E-state index contributed by atoms with van der Waals surface area (Å²) in [6.45, 7) is 2.76. The summed E-state index contributed by atoms with van der Waals surface area (Å²) < 4.78 is 27.9. The molecule has 0 radical (unpaired) electrons. The van der Waals surface area contributed by atoms with Crippen molar-refractivity contribution in [3.8, 4) is 0 Å². The maximum atomic E-state index is 12.9. The average molecular weight is 437 g/mol. The number of carbonyl (C=O) groups is 1. The van der Waals surface area contributed by atoms with E-state index in [0.29, 0.717) is 25.9 Å². The molecule has 1 saturated heterocycles. The summed E-state index contributed by atoms with van der Waals surface area (Å²) in [6.07, 6.45) is 1.22. The lowest BCUT2D eigenvalue weighted by atomic mass is 10.1. The van der Waals surface area contributed by atoms with E-state index in [9.17, 15) is 13.2 Å². The van der Waals surface area contributed by atoms with Gasteiger partial charge in [0.2, 0.25) is 15.9 Å². The number of halogens is 1. The summed E-state index contributed by atoms with van der Waals surface area (Å²) in [5.41, 5.74) is 2.15. The topological polar surface area (TPSA) is 66.5 Å². The van der Waals surface area contributed by atoms with Crippen molar-refractivity contribution in [2.24, 2.45) is 0 Å². The molecule has 5 nitrogen and oxygen atoms in total. The van der Waals surface area contributed by atoms with Crippen LogP contribution in [0.1, 0.15) is 24.0 Å². The highest BCUT2D eigenvalue weighted by molar-refractivity contribution is 9.10.